The van der Waals surface area contributed by atoms with E-state index in [0.29, 0.717) is 10.7 Å². The first-order valence-corrected chi connectivity index (χ1v) is 7.36. The lowest BCUT2D eigenvalue weighted by atomic mass is 9.89. The first-order chi connectivity index (χ1) is 10.6. The van der Waals surface area contributed by atoms with Crippen molar-refractivity contribution in [2.24, 2.45) is 0 Å². The molecular formula is C17H15ClN2O2. The minimum atomic E-state index is -0.504. The topological polar surface area (TPSA) is 49.4 Å². The molecular weight excluding hydrogens is 300 g/mol. The maximum atomic E-state index is 12.6. The first-order valence-electron chi connectivity index (χ1n) is 6.99. The van der Waals surface area contributed by atoms with Crippen molar-refractivity contribution in [3.63, 3.8) is 0 Å². The number of nitrogens with zero attached hydrogens (tertiary/aromatic N) is 1. The van der Waals surface area contributed by atoms with E-state index >= 15 is 0 Å². The van der Waals surface area contributed by atoms with Crippen LogP contribution in [-0.4, -0.2) is 18.9 Å². The lowest BCUT2D eigenvalue weighted by Crippen LogP contribution is -2.37. The first kappa shape index (κ1) is 14.6. The summed E-state index contributed by atoms with van der Waals surface area (Å²) in [5, 5.41) is 3.29. The Balaban J connectivity index is 1.92. The summed E-state index contributed by atoms with van der Waals surface area (Å²) in [4.78, 5) is 26.3. The Kier molecular flexibility index (Phi) is 3.86. The van der Waals surface area contributed by atoms with Gasteiger partial charge in [0.15, 0.2) is 0 Å². The molecule has 1 unspecified atom stereocenters. The van der Waals surface area contributed by atoms with Crippen LogP contribution in [0.2, 0.25) is 5.02 Å². The average molecular weight is 315 g/mol. The van der Waals surface area contributed by atoms with E-state index in [0.717, 1.165) is 11.3 Å². The Morgan fingerprint density at radius 3 is 2.64 bits per heavy atom. The summed E-state index contributed by atoms with van der Waals surface area (Å²) in [5.41, 5.74) is 2.19. The number of carbonyl (C=O) groups excluding carboxylic acids is 2. The number of hydrogen-bond donors (Lipinski definition) is 1. The Bertz CT molecular complexity index is 745. The van der Waals surface area contributed by atoms with Gasteiger partial charge in [0.2, 0.25) is 11.8 Å². The molecule has 112 valence electrons. The van der Waals surface area contributed by atoms with Crippen LogP contribution < -0.4 is 10.2 Å². The van der Waals surface area contributed by atoms with Gasteiger partial charge in [0.25, 0.3) is 0 Å². The van der Waals surface area contributed by atoms with Gasteiger partial charge in [-0.25, -0.2) is 0 Å². The van der Waals surface area contributed by atoms with E-state index in [1.165, 1.54) is 0 Å². The predicted octanol–water partition coefficient (Wildman–Crippen LogP) is 3.43. The van der Waals surface area contributed by atoms with Gasteiger partial charge in [-0.1, -0.05) is 41.9 Å². The van der Waals surface area contributed by atoms with Crippen molar-refractivity contribution in [2.45, 2.75) is 12.3 Å². The number of nitrogens with one attached hydrogen (secondary N) is 1. The Morgan fingerprint density at radius 2 is 1.86 bits per heavy atom. The zero-order valence-electron chi connectivity index (χ0n) is 12.0. The van der Waals surface area contributed by atoms with Gasteiger partial charge in [-0.3, -0.25) is 9.59 Å². The maximum absolute atomic E-state index is 12.6. The molecule has 1 aliphatic rings. The number of halogens is 1. The molecule has 1 N–H and O–H groups in total. The molecule has 1 aliphatic heterocycles. The van der Waals surface area contributed by atoms with Crippen molar-refractivity contribution >= 4 is 34.8 Å². The van der Waals surface area contributed by atoms with Crippen molar-refractivity contribution < 1.29 is 9.59 Å². The zero-order chi connectivity index (χ0) is 15.7. The molecule has 0 radical (unpaired) electrons. The minimum Gasteiger partial charge on any atom is -0.324 e. The molecule has 0 bridgehead atoms. The Labute approximate surface area is 133 Å². The summed E-state index contributed by atoms with van der Waals surface area (Å²) in [7, 11) is 1.73. The van der Waals surface area contributed by atoms with Gasteiger partial charge in [0.05, 0.1) is 16.6 Å². The molecule has 1 atom stereocenters. The monoisotopic (exact) mass is 314 g/mol. The molecule has 4 nitrogen and oxygen atoms in total. The molecule has 5 heteroatoms. The molecule has 22 heavy (non-hydrogen) atoms. The van der Waals surface area contributed by atoms with Crippen LogP contribution in [0.1, 0.15) is 17.9 Å². The highest BCUT2D eigenvalue weighted by Gasteiger charge is 2.33. The van der Waals surface area contributed by atoms with E-state index < -0.39 is 5.92 Å². The number of amides is 2. The number of anilines is 2. The van der Waals surface area contributed by atoms with Crippen molar-refractivity contribution in [1.82, 2.24) is 0 Å². The molecule has 0 aliphatic carbocycles. The number of para-hydroxylation sites is 2. The standard InChI is InChI=1S/C17H15ClN2O2/c1-20-15-9-5-2-6-11(15)12(10-16(20)21)17(22)19-14-8-4-3-7-13(14)18/h2-9,12H,10H2,1H3,(H,19,22). The van der Waals surface area contributed by atoms with Crippen LogP contribution >= 0.6 is 11.6 Å². The van der Waals surface area contributed by atoms with Crippen LogP contribution in [0.25, 0.3) is 0 Å². The van der Waals surface area contributed by atoms with Crippen LogP contribution in [0, 0.1) is 0 Å². The molecule has 1 heterocycles. The molecule has 0 saturated carbocycles. The van der Waals surface area contributed by atoms with Crippen LogP contribution in [0.5, 0.6) is 0 Å². The van der Waals surface area contributed by atoms with Gasteiger partial charge in [-0.2, -0.15) is 0 Å². The quantitative estimate of drug-likeness (QED) is 0.923. The highest BCUT2D eigenvalue weighted by molar-refractivity contribution is 6.33. The third-order valence-electron chi connectivity index (χ3n) is 3.87. The van der Waals surface area contributed by atoms with Gasteiger partial charge in [0.1, 0.15) is 0 Å². The summed E-state index contributed by atoms with van der Waals surface area (Å²) >= 11 is 6.07. The minimum absolute atomic E-state index is 0.0713. The number of fused-ring (bicyclic) bond motifs is 1. The van der Waals surface area contributed by atoms with Crippen LogP contribution in [0.4, 0.5) is 11.4 Å². The van der Waals surface area contributed by atoms with Crippen molar-refractivity contribution in [3.8, 4) is 0 Å². The molecule has 0 fully saturated rings. The summed E-state index contributed by atoms with van der Waals surface area (Å²) in [5.74, 6) is -0.795. The van der Waals surface area contributed by atoms with E-state index in [1.807, 2.05) is 24.3 Å². The van der Waals surface area contributed by atoms with E-state index in [2.05, 4.69) is 5.32 Å². The SMILES string of the molecule is CN1C(=O)CC(C(=O)Nc2ccccc2Cl)c2ccccc21. The molecule has 2 aromatic rings. The third kappa shape index (κ3) is 2.57. The van der Waals surface area contributed by atoms with Gasteiger partial charge < -0.3 is 10.2 Å². The van der Waals surface area contributed by atoms with E-state index in [4.69, 9.17) is 11.6 Å². The fraction of sp³-hybridized carbons (Fsp3) is 0.176. The maximum Gasteiger partial charge on any atom is 0.232 e. The molecule has 2 amide bonds. The summed E-state index contributed by atoms with van der Waals surface area (Å²) in [6, 6.07) is 14.5. The van der Waals surface area contributed by atoms with Crippen LogP contribution in [0.3, 0.4) is 0 Å². The zero-order valence-corrected chi connectivity index (χ0v) is 12.8. The lowest BCUT2D eigenvalue weighted by molar-refractivity contribution is -0.124. The average Bonchev–Trinajstić information content (AvgIpc) is 2.53. The predicted molar refractivity (Wildman–Crippen MR) is 87.3 cm³/mol. The lowest BCUT2D eigenvalue weighted by Gasteiger charge is -2.30. The van der Waals surface area contributed by atoms with Crippen molar-refractivity contribution in [2.75, 3.05) is 17.3 Å². The number of carbonyl (C=O) groups is 2. The van der Waals surface area contributed by atoms with Gasteiger partial charge in [-0.15, -0.1) is 0 Å². The van der Waals surface area contributed by atoms with Crippen molar-refractivity contribution in [3.05, 3.63) is 59.1 Å². The summed E-state index contributed by atoms with van der Waals surface area (Å²) in [6.45, 7) is 0. The van der Waals surface area contributed by atoms with Gasteiger partial charge in [0, 0.05) is 19.2 Å². The van der Waals surface area contributed by atoms with Crippen molar-refractivity contribution in [1.29, 1.82) is 0 Å². The molecule has 0 aromatic heterocycles. The molecule has 0 saturated heterocycles. The fourth-order valence-corrected chi connectivity index (χ4v) is 2.84. The second kappa shape index (κ2) is 5.81. The highest BCUT2D eigenvalue weighted by atomic mass is 35.5. The molecule has 3 rings (SSSR count). The van der Waals surface area contributed by atoms with E-state index in [-0.39, 0.29) is 18.2 Å². The number of hydrogen-bond acceptors (Lipinski definition) is 2. The third-order valence-corrected chi connectivity index (χ3v) is 4.20. The number of rotatable bonds is 2. The van der Waals surface area contributed by atoms with Gasteiger partial charge >= 0.3 is 0 Å². The molecule has 0 spiro atoms. The largest absolute Gasteiger partial charge is 0.324 e. The smallest absolute Gasteiger partial charge is 0.232 e. The summed E-state index contributed by atoms with van der Waals surface area (Å²) in [6.07, 6.45) is 0.157. The second-order valence-electron chi connectivity index (χ2n) is 5.24. The second-order valence-corrected chi connectivity index (χ2v) is 5.64. The Hall–Kier alpha value is -2.33. The Morgan fingerprint density at radius 1 is 1.18 bits per heavy atom. The molecule has 2 aromatic carbocycles. The summed E-state index contributed by atoms with van der Waals surface area (Å²) < 4.78 is 0. The van der Waals surface area contributed by atoms with Gasteiger partial charge in [-0.05, 0) is 23.8 Å². The number of benzene rings is 2. The van der Waals surface area contributed by atoms with Crippen LogP contribution in [0.15, 0.2) is 48.5 Å². The van der Waals surface area contributed by atoms with E-state index in [9.17, 15) is 9.59 Å². The van der Waals surface area contributed by atoms with Crippen LogP contribution in [-0.2, 0) is 9.59 Å². The van der Waals surface area contributed by atoms with E-state index in [1.54, 1.807) is 36.2 Å². The highest BCUT2D eigenvalue weighted by Crippen LogP contribution is 2.36. The fourth-order valence-electron chi connectivity index (χ4n) is 2.66. The normalized spacial score (nSPS) is 17.1.